The number of thiazole rings is 1. The minimum atomic E-state index is -0.258. The van der Waals surface area contributed by atoms with Crippen LogP contribution in [0.3, 0.4) is 0 Å². The van der Waals surface area contributed by atoms with Crippen molar-refractivity contribution in [3.05, 3.63) is 59.2 Å². The quantitative estimate of drug-likeness (QED) is 0.602. The van der Waals surface area contributed by atoms with Gasteiger partial charge in [0.2, 0.25) is 0 Å². The number of ether oxygens (including phenoxy) is 2. The molecule has 0 bridgehead atoms. The number of halogens is 1. The van der Waals surface area contributed by atoms with Crippen molar-refractivity contribution < 1.29 is 18.7 Å². The van der Waals surface area contributed by atoms with E-state index in [1.807, 2.05) is 10.3 Å². The number of piperidine rings is 1. The number of benzene rings is 2. The fourth-order valence-electron chi connectivity index (χ4n) is 3.64. The highest BCUT2D eigenvalue weighted by Crippen LogP contribution is 2.29. The van der Waals surface area contributed by atoms with Crippen LogP contribution in [-0.2, 0) is 0 Å². The maximum Gasteiger partial charge on any atom is 0.257 e. The van der Waals surface area contributed by atoms with Crippen molar-refractivity contribution in [3.63, 3.8) is 0 Å². The number of hydrogen-bond acceptors (Lipinski definition) is 6. The van der Waals surface area contributed by atoms with E-state index in [9.17, 15) is 9.18 Å². The Labute approximate surface area is 184 Å². The van der Waals surface area contributed by atoms with Gasteiger partial charge in [0.05, 0.1) is 25.5 Å². The highest BCUT2D eigenvalue weighted by atomic mass is 32.1. The summed E-state index contributed by atoms with van der Waals surface area (Å²) in [5.41, 5.74) is 2.25. The van der Waals surface area contributed by atoms with Crippen LogP contribution in [0.1, 0.15) is 23.2 Å². The lowest BCUT2D eigenvalue weighted by molar-refractivity contribution is 0.0715. The first-order valence-corrected chi connectivity index (χ1v) is 10.9. The number of anilines is 1. The molecule has 4 rings (SSSR count). The molecule has 2 aromatic carbocycles. The number of nitrogens with one attached hydrogen (secondary N) is 1. The Morgan fingerprint density at radius 2 is 1.87 bits per heavy atom. The van der Waals surface area contributed by atoms with E-state index in [1.54, 1.807) is 44.6 Å². The summed E-state index contributed by atoms with van der Waals surface area (Å²) < 4.78 is 23.7. The number of amides is 1. The molecule has 31 heavy (non-hydrogen) atoms. The van der Waals surface area contributed by atoms with Gasteiger partial charge in [-0.05, 0) is 49.2 Å². The van der Waals surface area contributed by atoms with Gasteiger partial charge in [-0.1, -0.05) is 0 Å². The van der Waals surface area contributed by atoms with E-state index in [4.69, 9.17) is 9.47 Å². The Morgan fingerprint density at radius 3 is 2.55 bits per heavy atom. The summed E-state index contributed by atoms with van der Waals surface area (Å²) in [6.45, 7) is 1.31. The van der Waals surface area contributed by atoms with Gasteiger partial charge in [0.15, 0.2) is 5.13 Å². The van der Waals surface area contributed by atoms with Crippen molar-refractivity contribution >= 4 is 22.4 Å². The predicted molar refractivity (Wildman–Crippen MR) is 120 cm³/mol. The second kappa shape index (κ2) is 9.34. The molecule has 162 valence electrons. The zero-order valence-corrected chi connectivity index (χ0v) is 18.2. The van der Waals surface area contributed by atoms with Crippen LogP contribution >= 0.6 is 11.3 Å². The SMILES string of the molecule is COc1ccc(C(=O)N2CCC(Nc3nc(-c4ccc(F)cc4)cs3)CC2)c(OC)c1. The van der Waals surface area contributed by atoms with Crippen LogP contribution in [0.5, 0.6) is 11.5 Å². The van der Waals surface area contributed by atoms with E-state index in [0.717, 1.165) is 29.2 Å². The van der Waals surface area contributed by atoms with E-state index in [0.29, 0.717) is 30.2 Å². The Balaban J connectivity index is 1.35. The second-order valence-electron chi connectivity index (χ2n) is 7.32. The summed E-state index contributed by atoms with van der Waals surface area (Å²) in [7, 11) is 3.13. The molecule has 6 nitrogen and oxygen atoms in total. The molecule has 1 saturated heterocycles. The number of rotatable bonds is 6. The number of hydrogen-bond donors (Lipinski definition) is 1. The van der Waals surface area contributed by atoms with Crippen molar-refractivity contribution in [2.45, 2.75) is 18.9 Å². The number of likely N-dealkylation sites (tertiary alicyclic amines) is 1. The number of carbonyl (C=O) groups is 1. The molecule has 0 aliphatic carbocycles. The average molecular weight is 442 g/mol. The van der Waals surface area contributed by atoms with Gasteiger partial charge in [-0.2, -0.15) is 0 Å². The van der Waals surface area contributed by atoms with Crippen LogP contribution in [0.25, 0.3) is 11.3 Å². The largest absolute Gasteiger partial charge is 0.497 e. The minimum Gasteiger partial charge on any atom is -0.497 e. The van der Waals surface area contributed by atoms with Crippen molar-refractivity contribution in [3.8, 4) is 22.8 Å². The van der Waals surface area contributed by atoms with E-state index in [2.05, 4.69) is 10.3 Å². The van der Waals surface area contributed by atoms with Gasteiger partial charge < -0.3 is 19.7 Å². The fourth-order valence-corrected chi connectivity index (χ4v) is 4.44. The molecule has 3 aromatic rings. The lowest BCUT2D eigenvalue weighted by Crippen LogP contribution is -2.42. The van der Waals surface area contributed by atoms with E-state index in [1.165, 1.54) is 23.5 Å². The molecule has 1 aliphatic rings. The lowest BCUT2D eigenvalue weighted by Gasteiger charge is -2.32. The van der Waals surface area contributed by atoms with Gasteiger partial charge in [-0.15, -0.1) is 11.3 Å². The summed E-state index contributed by atoms with van der Waals surface area (Å²) in [6, 6.07) is 11.8. The summed E-state index contributed by atoms with van der Waals surface area (Å²) in [5.74, 6) is 0.872. The van der Waals surface area contributed by atoms with Crippen molar-refractivity contribution in [2.24, 2.45) is 0 Å². The van der Waals surface area contributed by atoms with Crippen molar-refractivity contribution in [1.29, 1.82) is 0 Å². The molecule has 1 fully saturated rings. The zero-order valence-electron chi connectivity index (χ0n) is 17.4. The van der Waals surface area contributed by atoms with Gasteiger partial charge in [-0.3, -0.25) is 4.79 Å². The molecule has 8 heteroatoms. The monoisotopic (exact) mass is 441 g/mol. The van der Waals surface area contributed by atoms with Crippen LogP contribution in [0.2, 0.25) is 0 Å². The van der Waals surface area contributed by atoms with E-state index in [-0.39, 0.29) is 17.8 Å². The van der Waals surface area contributed by atoms with Crippen LogP contribution < -0.4 is 14.8 Å². The minimum absolute atomic E-state index is 0.0363. The molecule has 0 spiro atoms. The molecule has 0 saturated carbocycles. The Kier molecular flexibility index (Phi) is 6.36. The average Bonchev–Trinajstić information content (AvgIpc) is 3.27. The smallest absolute Gasteiger partial charge is 0.257 e. The highest BCUT2D eigenvalue weighted by Gasteiger charge is 2.26. The van der Waals surface area contributed by atoms with Crippen LogP contribution in [0.15, 0.2) is 47.8 Å². The first-order valence-electron chi connectivity index (χ1n) is 10.1. The van der Waals surface area contributed by atoms with Gasteiger partial charge >= 0.3 is 0 Å². The Bertz CT molecular complexity index is 1050. The molecule has 1 aromatic heterocycles. The lowest BCUT2D eigenvalue weighted by atomic mass is 10.0. The third kappa shape index (κ3) is 4.80. The highest BCUT2D eigenvalue weighted by molar-refractivity contribution is 7.14. The third-order valence-corrected chi connectivity index (χ3v) is 6.17. The summed E-state index contributed by atoms with van der Waals surface area (Å²) in [6.07, 6.45) is 1.66. The van der Waals surface area contributed by atoms with Crippen molar-refractivity contribution in [2.75, 3.05) is 32.6 Å². The first kappa shape index (κ1) is 21.1. The van der Waals surface area contributed by atoms with Gasteiger partial charge in [0.1, 0.15) is 17.3 Å². The topological polar surface area (TPSA) is 63.7 Å². The Morgan fingerprint density at radius 1 is 1.13 bits per heavy atom. The maximum atomic E-state index is 13.1. The normalized spacial score (nSPS) is 14.4. The molecule has 1 aliphatic heterocycles. The fraction of sp³-hybridized carbons (Fsp3) is 0.304. The number of nitrogens with zero attached hydrogens (tertiary/aromatic N) is 2. The third-order valence-electron chi connectivity index (χ3n) is 5.39. The maximum absolute atomic E-state index is 13.1. The molecule has 1 N–H and O–H groups in total. The van der Waals surface area contributed by atoms with Gasteiger partial charge in [0, 0.05) is 36.1 Å². The molecule has 2 heterocycles. The molecular formula is C23H24FN3O3S. The Hall–Kier alpha value is -3.13. The van der Waals surface area contributed by atoms with Crippen LogP contribution in [0, 0.1) is 5.82 Å². The molecule has 1 amide bonds. The summed E-state index contributed by atoms with van der Waals surface area (Å²) in [5, 5.41) is 6.27. The standard InChI is InChI=1S/C23H24FN3O3S/c1-29-18-7-8-19(21(13-18)30-2)22(28)27-11-9-17(10-12-27)25-23-26-20(14-31-23)15-3-5-16(24)6-4-15/h3-8,13-14,17H,9-12H2,1-2H3,(H,25,26). The molecule has 0 atom stereocenters. The predicted octanol–water partition coefficient (Wildman–Crippen LogP) is 4.68. The molecule has 0 unspecified atom stereocenters. The molecular weight excluding hydrogens is 417 g/mol. The number of aromatic nitrogens is 1. The number of methoxy groups -OCH3 is 2. The molecule has 0 radical (unpaired) electrons. The zero-order chi connectivity index (χ0) is 21.8. The first-order chi connectivity index (χ1) is 15.1. The summed E-state index contributed by atoms with van der Waals surface area (Å²) >= 11 is 1.53. The van der Waals surface area contributed by atoms with E-state index >= 15 is 0 Å². The number of carbonyl (C=O) groups excluding carboxylic acids is 1. The van der Waals surface area contributed by atoms with Gasteiger partial charge in [-0.25, -0.2) is 9.37 Å². The summed E-state index contributed by atoms with van der Waals surface area (Å²) in [4.78, 5) is 19.5. The van der Waals surface area contributed by atoms with Crippen LogP contribution in [0.4, 0.5) is 9.52 Å². The van der Waals surface area contributed by atoms with Gasteiger partial charge in [0.25, 0.3) is 5.91 Å². The van der Waals surface area contributed by atoms with E-state index < -0.39 is 0 Å². The van der Waals surface area contributed by atoms with Crippen LogP contribution in [-0.4, -0.2) is 49.1 Å². The second-order valence-corrected chi connectivity index (χ2v) is 8.18. The van der Waals surface area contributed by atoms with Crippen molar-refractivity contribution in [1.82, 2.24) is 9.88 Å².